The van der Waals surface area contributed by atoms with Gasteiger partial charge in [0.25, 0.3) is 0 Å². The predicted molar refractivity (Wildman–Crippen MR) is 171 cm³/mol. The van der Waals surface area contributed by atoms with Gasteiger partial charge in [-0.2, -0.15) is 0 Å². The molecule has 0 aliphatic carbocycles. The quantitative estimate of drug-likeness (QED) is 0.275. The van der Waals surface area contributed by atoms with Crippen molar-refractivity contribution >= 4 is 73.8 Å². The first kappa shape index (κ1) is 28.4. The summed E-state index contributed by atoms with van der Waals surface area (Å²) in [5.74, 6) is -2.18. The largest absolute Gasteiger partial charge is 0.378 e. The summed E-state index contributed by atoms with van der Waals surface area (Å²) in [5.41, 5.74) is 4.04. The minimum Gasteiger partial charge on any atom is -0.378 e. The summed E-state index contributed by atoms with van der Waals surface area (Å²) in [4.78, 5) is 58.0. The Morgan fingerprint density at radius 2 is 1.60 bits per heavy atom. The molecule has 3 amide bonds. The number of benzene rings is 3. The second-order valence-electron chi connectivity index (χ2n) is 10.6. The highest BCUT2D eigenvalue weighted by Crippen LogP contribution is 2.54. The Labute approximate surface area is 259 Å². The highest BCUT2D eigenvalue weighted by atomic mass is 79.9. The molecule has 1 saturated heterocycles. The molecule has 0 radical (unpaired) electrons. The molecule has 0 bridgehead atoms. The third-order valence-electron chi connectivity index (χ3n) is 7.54. The van der Waals surface area contributed by atoms with Gasteiger partial charge in [0.2, 0.25) is 17.7 Å². The standard InChI is InChI=1S/C31H27BrN4O4S2/c1-17-4-10-20(11-5-17)33-23(37)16-35-30-27(42-31(35)40)24(18-6-12-21(13-7-18)34(2)3)25-26(41-30)29(39)36(28(25)38)22-14-8-19(32)9-15-22/h4-15,24-26H,16H2,1-3H3,(H,33,37)/t24-,25-,26+/m0/s1. The normalized spacial score (nSPS) is 19.4. The molecular formula is C31H27BrN4O4S2. The Morgan fingerprint density at radius 3 is 2.24 bits per heavy atom. The summed E-state index contributed by atoms with van der Waals surface area (Å²) >= 11 is 5.66. The SMILES string of the molecule is Cc1ccc(NC(=O)Cn2c3c(sc2=O)[C@@H](c2ccc(N(C)C)cc2)[C@@H]2C(=O)N(c4ccc(Br)cc4)C(=O)[C@@H]2S3)cc1. The molecule has 2 aliphatic heterocycles. The van der Waals surface area contributed by atoms with Gasteiger partial charge in [0.05, 0.1) is 16.6 Å². The predicted octanol–water partition coefficient (Wildman–Crippen LogP) is 5.48. The van der Waals surface area contributed by atoms with E-state index in [1.165, 1.54) is 21.2 Å². The average molecular weight is 664 g/mol. The lowest BCUT2D eigenvalue weighted by Crippen LogP contribution is -2.33. The van der Waals surface area contributed by atoms with Crippen LogP contribution in [0.2, 0.25) is 0 Å². The number of thiazole rings is 1. The minimum absolute atomic E-state index is 0.201. The van der Waals surface area contributed by atoms with Crippen LogP contribution in [-0.2, 0) is 20.9 Å². The van der Waals surface area contributed by atoms with E-state index in [4.69, 9.17) is 0 Å². The number of aryl methyl sites for hydroxylation is 1. The zero-order valence-corrected chi connectivity index (χ0v) is 26.3. The molecule has 42 heavy (non-hydrogen) atoms. The first-order valence-electron chi connectivity index (χ1n) is 13.3. The fourth-order valence-corrected chi connectivity index (χ4v) is 8.46. The molecule has 6 rings (SSSR count). The molecule has 1 N–H and O–H groups in total. The van der Waals surface area contributed by atoms with Crippen molar-refractivity contribution in [3.8, 4) is 0 Å². The van der Waals surface area contributed by atoms with Crippen LogP contribution in [0.25, 0.3) is 0 Å². The number of fused-ring (bicyclic) bond motifs is 2. The van der Waals surface area contributed by atoms with Gasteiger partial charge in [-0.3, -0.25) is 23.7 Å². The highest BCUT2D eigenvalue weighted by molar-refractivity contribution is 9.10. The van der Waals surface area contributed by atoms with Crippen molar-refractivity contribution in [1.82, 2.24) is 4.57 Å². The van der Waals surface area contributed by atoms with Gasteiger partial charge >= 0.3 is 4.87 Å². The number of hydrogen-bond acceptors (Lipinski definition) is 7. The smallest absolute Gasteiger partial charge is 0.308 e. The number of thioether (sulfide) groups is 1. The van der Waals surface area contributed by atoms with E-state index in [2.05, 4.69) is 21.2 Å². The Balaban J connectivity index is 1.41. The Bertz CT molecular complexity index is 1750. The molecule has 3 aromatic carbocycles. The van der Waals surface area contributed by atoms with Crippen LogP contribution in [0.1, 0.15) is 21.9 Å². The van der Waals surface area contributed by atoms with Gasteiger partial charge in [0, 0.05) is 40.7 Å². The second-order valence-corrected chi connectivity index (χ2v) is 13.6. The number of rotatable bonds is 6. The second kappa shape index (κ2) is 11.2. The molecule has 8 nitrogen and oxygen atoms in total. The molecule has 2 aliphatic rings. The monoisotopic (exact) mass is 662 g/mol. The number of halogens is 1. The molecule has 3 heterocycles. The van der Waals surface area contributed by atoms with E-state index in [-0.39, 0.29) is 29.1 Å². The Hall–Kier alpha value is -3.67. The van der Waals surface area contributed by atoms with Gasteiger partial charge in [-0.05, 0) is 61.0 Å². The van der Waals surface area contributed by atoms with Crippen molar-refractivity contribution in [3.05, 3.63) is 103 Å². The van der Waals surface area contributed by atoms with Crippen LogP contribution in [0, 0.1) is 12.8 Å². The number of nitrogens with zero attached hydrogens (tertiary/aromatic N) is 3. The van der Waals surface area contributed by atoms with Crippen LogP contribution in [0.15, 0.2) is 87.1 Å². The maximum absolute atomic E-state index is 14.0. The lowest BCUT2D eigenvalue weighted by Gasteiger charge is -2.31. The molecule has 0 unspecified atom stereocenters. The van der Waals surface area contributed by atoms with Gasteiger partial charge in [-0.1, -0.05) is 68.9 Å². The molecular weight excluding hydrogens is 636 g/mol. The molecule has 1 fully saturated rings. The van der Waals surface area contributed by atoms with E-state index in [9.17, 15) is 19.2 Å². The minimum atomic E-state index is -0.743. The topological polar surface area (TPSA) is 91.7 Å². The number of amides is 3. The van der Waals surface area contributed by atoms with Crippen molar-refractivity contribution in [2.75, 3.05) is 29.2 Å². The van der Waals surface area contributed by atoms with Crippen molar-refractivity contribution in [2.24, 2.45) is 5.92 Å². The number of carbonyl (C=O) groups is 3. The number of hydrogen-bond donors (Lipinski definition) is 1. The van der Waals surface area contributed by atoms with Gasteiger partial charge in [-0.25, -0.2) is 4.90 Å². The van der Waals surface area contributed by atoms with Crippen LogP contribution in [0.5, 0.6) is 0 Å². The zero-order chi connectivity index (χ0) is 29.7. The number of nitrogens with one attached hydrogen (secondary N) is 1. The van der Waals surface area contributed by atoms with Crippen LogP contribution in [-0.4, -0.2) is 41.6 Å². The average Bonchev–Trinajstić information content (AvgIpc) is 3.41. The van der Waals surface area contributed by atoms with Gasteiger partial charge in [0.15, 0.2) is 0 Å². The highest BCUT2D eigenvalue weighted by Gasteiger charge is 2.56. The molecule has 11 heteroatoms. The summed E-state index contributed by atoms with van der Waals surface area (Å²) < 4.78 is 2.28. The Kier molecular flexibility index (Phi) is 7.59. The van der Waals surface area contributed by atoms with Gasteiger partial charge < -0.3 is 10.2 Å². The van der Waals surface area contributed by atoms with Gasteiger partial charge in [0.1, 0.15) is 11.8 Å². The molecule has 4 aromatic rings. The van der Waals surface area contributed by atoms with E-state index in [1.54, 1.807) is 24.3 Å². The van der Waals surface area contributed by atoms with Crippen molar-refractivity contribution in [1.29, 1.82) is 0 Å². The van der Waals surface area contributed by atoms with E-state index >= 15 is 0 Å². The summed E-state index contributed by atoms with van der Waals surface area (Å²) in [5, 5.41) is 2.67. The first-order chi connectivity index (χ1) is 20.1. The van der Waals surface area contributed by atoms with Crippen LogP contribution >= 0.6 is 39.0 Å². The van der Waals surface area contributed by atoms with E-state index in [0.717, 1.165) is 32.6 Å². The third-order valence-corrected chi connectivity index (χ3v) is 10.7. The summed E-state index contributed by atoms with van der Waals surface area (Å²) in [7, 11) is 3.90. The number of imide groups is 1. The molecule has 0 saturated carbocycles. The summed E-state index contributed by atoms with van der Waals surface area (Å²) in [6.45, 7) is 1.76. The van der Waals surface area contributed by atoms with Crippen molar-refractivity contribution < 1.29 is 14.4 Å². The van der Waals surface area contributed by atoms with Crippen molar-refractivity contribution in [2.45, 2.75) is 29.7 Å². The van der Waals surface area contributed by atoms with Crippen molar-refractivity contribution in [3.63, 3.8) is 0 Å². The van der Waals surface area contributed by atoms with Gasteiger partial charge in [-0.15, -0.1) is 0 Å². The van der Waals surface area contributed by atoms with Crippen LogP contribution in [0.3, 0.4) is 0 Å². The summed E-state index contributed by atoms with van der Waals surface area (Å²) in [6, 6.07) is 22.3. The fourth-order valence-electron chi connectivity index (χ4n) is 5.42. The number of carbonyl (C=O) groups excluding carboxylic acids is 3. The molecule has 3 atom stereocenters. The van der Waals surface area contributed by atoms with E-state index in [0.29, 0.717) is 21.3 Å². The maximum atomic E-state index is 14.0. The maximum Gasteiger partial charge on any atom is 0.308 e. The first-order valence-corrected chi connectivity index (χ1v) is 15.8. The lowest BCUT2D eigenvalue weighted by atomic mass is 9.83. The third kappa shape index (κ3) is 5.10. The molecule has 1 aromatic heterocycles. The Morgan fingerprint density at radius 1 is 0.929 bits per heavy atom. The lowest BCUT2D eigenvalue weighted by molar-refractivity contribution is -0.122. The van der Waals surface area contributed by atoms with E-state index < -0.39 is 17.1 Å². The number of anilines is 3. The number of aromatic nitrogens is 1. The molecule has 0 spiro atoms. The summed E-state index contributed by atoms with van der Waals surface area (Å²) in [6.07, 6.45) is 0. The fraction of sp³-hybridized carbons (Fsp3) is 0.226. The zero-order valence-electron chi connectivity index (χ0n) is 23.0. The van der Waals surface area contributed by atoms with Crippen LogP contribution < -0.4 is 20.0 Å². The van der Waals surface area contributed by atoms with E-state index in [1.807, 2.05) is 74.4 Å². The molecule has 214 valence electrons. The van der Waals surface area contributed by atoms with Crippen LogP contribution in [0.4, 0.5) is 17.1 Å².